The molecule has 0 aliphatic carbocycles. The second-order valence-electron chi connectivity index (χ2n) is 7.94. The van der Waals surface area contributed by atoms with E-state index in [0.717, 1.165) is 38.7 Å². The first-order valence-electron chi connectivity index (χ1n) is 10.8. The summed E-state index contributed by atoms with van der Waals surface area (Å²) in [4.78, 5) is 16.4. The number of rotatable bonds is 9. The Labute approximate surface area is 197 Å². The van der Waals surface area contributed by atoms with Gasteiger partial charge in [-0.25, -0.2) is 4.98 Å². The third-order valence-corrected chi connectivity index (χ3v) is 5.93. The summed E-state index contributed by atoms with van der Waals surface area (Å²) in [7, 11) is -4.01. The summed E-state index contributed by atoms with van der Waals surface area (Å²) in [6.07, 6.45) is 0.185. The summed E-state index contributed by atoms with van der Waals surface area (Å²) in [5.41, 5.74) is 4.79. The number of carbonyl (C=O) groups is 1. The molecule has 1 aromatic heterocycles. The standard InChI is InChI=1S/C25H25N3O5S/c1-17(29)26-19-13-18(16-33-11-6-12-34(30,31)32)14-20(15-19)27-25-21-7-2-4-9-23(21)28-24-10-5-3-8-22(24)25/h2-5,7-10,13-15H,6,11-12,16H2,1H3,(H,26,29)(H,27,28)(H,30,31,32). The Bertz CT molecular complexity index is 1400. The zero-order valence-corrected chi connectivity index (χ0v) is 19.4. The summed E-state index contributed by atoms with van der Waals surface area (Å²) >= 11 is 0. The smallest absolute Gasteiger partial charge is 0.264 e. The molecule has 8 nitrogen and oxygen atoms in total. The molecule has 34 heavy (non-hydrogen) atoms. The first-order chi connectivity index (χ1) is 16.3. The number of aromatic nitrogens is 1. The van der Waals surface area contributed by atoms with E-state index in [9.17, 15) is 13.2 Å². The maximum Gasteiger partial charge on any atom is 0.264 e. The molecule has 0 aliphatic rings. The topological polar surface area (TPSA) is 118 Å². The summed E-state index contributed by atoms with van der Waals surface area (Å²) in [5.74, 6) is -0.550. The molecule has 0 unspecified atom stereocenters. The molecule has 3 aromatic carbocycles. The van der Waals surface area contributed by atoms with Gasteiger partial charge in [-0.3, -0.25) is 9.35 Å². The van der Waals surface area contributed by atoms with Crippen LogP contribution >= 0.6 is 0 Å². The van der Waals surface area contributed by atoms with Gasteiger partial charge < -0.3 is 15.4 Å². The van der Waals surface area contributed by atoms with E-state index in [1.165, 1.54) is 6.92 Å². The molecular formula is C25H25N3O5S. The van der Waals surface area contributed by atoms with E-state index in [4.69, 9.17) is 14.3 Å². The SMILES string of the molecule is CC(=O)Nc1cc(COCCCS(=O)(=O)O)cc(Nc2c3ccccc3nc3ccccc23)c1. The average molecular weight is 480 g/mol. The summed E-state index contributed by atoms with van der Waals surface area (Å²) in [6.45, 7) is 1.83. The highest BCUT2D eigenvalue weighted by molar-refractivity contribution is 7.85. The van der Waals surface area contributed by atoms with Crippen LogP contribution in [0.25, 0.3) is 21.8 Å². The van der Waals surface area contributed by atoms with Gasteiger partial charge in [0.15, 0.2) is 0 Å². The highest BCUT2D eigenvalue weighted by Crippen LogP contribution is 2.34. The molecule has 0 saturated carbocycles. The normalized spacial score (nSPS) is 11.6. The molecule has 0 aliphatic heterocycles. The third kappa shape index (κ3) is 6.07. The molecule has 0 spiro atoms. The summed E-state index contributed by atoms with van der Waals surface area (Å²) < 4.78 is 36.2. The van der Waals surface area contributed by atoms with Crippen LogP contribution in [0.4, 0.5) is 17.1 Å². The quantitative estimate of drug-likeness (QED) is 0.178. The van der Waals surface area contributed by atoms with Crippen LogP contribution < -0.4 is 10.6 Å². The fraction of sp³-hybridized carbons (Fsp3) is 0.200. The predicted octanol–water partition coefficient (Wildman–Crippen LogP) is 4.88. The number of hydrogen-bond donors (Lipinski definition) is 3. The van der Waals surface area contributed by atoms with Gasteiger partial charge in [-0.05, 0) is 42.3 Å². The van der Waals surface area contributed by atoms with E-state index in [-0.39, 0.29) is 31.3 Å². The van der Waals surface area contributed by atoms with Crippen LogP contribution in [0.5, 0.6) is 0 Å². The molecule has 3 N–H and O–H groups in total. The fourth-order valence-electron chi connectivity index (χ4n) is 3.78. The van der Waals surface area contributed by atoms with Crippen LogP contribution in [-0.2, 0) is 26.3 Å². The molecule has 9 heteroatoms. The van der Waals surface area contributed by atoms with Crippen LogP contribution in [0.15, 0.2) is 66.7 Å². The van der Waals surface area contributed by atoms with Crippen molar-refractivity contribution in [2.24, 2.45) is 0 Å². The molecule has 1 heterocycles. The van der Waals surface area contributed by atoms with Crippen molar-refractivity contribution in [3.63, 3.8) is 0 Å². The van der Waals surface area contributed by atoms with Gasteiger partial charge in [-0.2, -0.15) is 8.42 Å². The highest BCUT2D eigenvalue weighted by Gasteiger charge is 2.11. The van der Waals surface area contributed by atoms with Gasteiger partial charge in [0, 0.05) is 35.7 Å². The van der Waals surface area contributed by atoms with Gasteiger partial charge in [0.2, 0.25) is 5.91 Å². The Morgan fingerprint density at radius 3 is 2.21 bits per heavy atom. The van der Waals surface area contributed by atoms with Crippen molar-refractivity contribution in [3.8, 4) is 0 Å². The monoisotopic (exact) mass is 479 g/mol. The lowest BCUT2D eigenvalue weighted by Crippen LogP contribution is -2.08. The van der Waals surface area contributed by atoms with Crippen molar-refractivity contribution in [1.29, 1.82) is 0 Å². The molecule has 176 valence electrons. The van der Waals surface area contributed by atoms with E-state index >= 15 is 0 Å². The Balaban J connectivity index is 1.65. The van der Waals surface area contributed by atoms with E-state index in [0.29, 0.717) is 5.69 Å². The zero-order valence-electron chi connectivity index (χ0n) is 18.6. The first-order valence-corrected chi connectivity index (χ1v) is 12.4. The lowest BCUT2D eigenvalue weighted by Gasteiger charge is -2.16. The van der Waals surface area contributed by atoms with Crippen molar-refractivity contribution in [3.05, 3.63) is 72.3 Å². The molecule has 0 saturated heterocycles. The molecule has 0 radical (unpaired) electrons. The number of amides is 1. The Hall–Kier alpha value is -3.53. The molecule has 0 bridgehead atoms. The number of carbonyl (C=O) groups excluding carboxylic acids is 1. The number of nitrogens with one attached hydrogen (secondary N) is 2. The summed E-state index contributed by atoms with van der Waals surface area (Å²) in [6, 6.07) is 21.3. The lowest BCUT2D eigenvalue weighted by molar-refractivity contribution is -0.114. The second kappa shape index (κ2) is 10.2. The number of benzene rings is 3. The van der Waals surface area contributed by atoms with Gasteiger partial charge in [0.25, 0.3) is 10.1 Å². The molecule has 0 fully saturated rings. The van der Waals surface area contributed by atoms with Crippen LogP contribution in [0, 0.1) is 0 Å². The van der Waals surface area contributed by atoms with Crippen molar-refractivity contribution in [2.45, 2.75) is 20.0 Å². The minimum absolute atomic E-state index is 0.173. The van der Waals surface area contributed by atoms with E-state index in [1.54, 1.807) is 6.07 Å². The highest BCUT2D eigenvalue weighted by atomic mass is 32.2. The molecule has 4 aromatic rings. The van der Waals surface area contributed by atoms with Gasteiger partial charge in [0.05, 0.1) is 29.1 Å². The Morgan fingerprint density at radius 2 is 1.59 bits per heavy atom. The Kier molecular flexibility index (Phi) is 7.06. The minimum atomic E-state index is -4.01. The third-order valence-electron chi connectivity index (χ3n) is 5.13. The van der Waals surface area contributed by atoms with Crippen LogP contribution in [0.1, 0.15) is 18.9 Å². The van der Waals surface area contributed by atoms with Crippen molar-refractivity contribution >= 4 is 54.9 Å². The van der Waals surface area contributed by atoms with Crippen molar-refractivity contribution < 1.29 is 22.5 Å². The second-order valence-corrected chi connectivity index (χ2v) is 9.51. The maximum atomic E-state index is 11.7. The molecular weight excluding hydrogens is 454 g/mol. The predicted molar refractivity (Wildman–Crippen MR) is 134 cm³/mol. The number of hydrogen-bond acceptors (Lipinski definition) is 6. The van der Waals surface area contributed by atoms with Crippen LogP contribution in [0.3, 0.4) is 0 Å². The van der Waals surface area contributed by atoms with Crippen LogP contribution in [-0.4, -0.2) is 36.2 Å². The average Bonchev–Trinajstić information content (AvgIpc) is 2.77. The van der Waals surface area contributed by atoms with E-state index in [2.05, 4.69) is 10.6 Å². The van der Waals surface area contributed by atoms with Gasteiger partial charge in [-0.15, -0.1) is 0 Å². The number of anilines is 3. The van der Waals surface area contributed by atoms with Crippen LogP contribution in [0.2, 0.25) is 0 Å². The molecule has 0 atom stereocenters. The lowest BCUT2D eigenvalue weighted by atomic mass is 10.1. The zero-order chi connectivity index (χ0) is 24.1. The number of pyridine rings is 1. The Morgan fingerprint density at radius 1 is 0.971 bits per heavy atom. The maximum absolute atomic E-state index is 11.7. The fourth-order valence-corrected chi connectivity index (χ4v) is 4.26. The number of fused-ring (bicyclic) bond motifs is 2. The van der Waals surface area contributed by atoms with Gasteiger partial charge >= 0.3 is 0 Å². The van der Waals surface area contributed by atoms with Crippen molar-refractivity contribution in [1.82, 2.24) is 4.98 Å². The van der Waals surface area contributed by atoms with Gasteiger partial charge in [0.1, 0.15) is 0 Å². The molecule has 4 rings (SSSR count). The van der Waals surface area contributed by atoms with E-state index in [1.807, 2.05) is 60.7 Å². The first kappa shape index (κ1) is 23.6. The number of ether oxygens (including phenoxy) is 1. The number of para-hydroxylation sites is 2. The largest absolute Gasteiger partial charge is 0.377 e. The van der Waals surface area contributed by atoms with Crippen molar-refractivity contribution in [2.75, 3.05) is 23.0 Å². The minimum Gasteiger partial charge on any atom is -0.377 e. The number of nitrogens with zero attached hydrogens (tertiary/aromatic N) is 1. The summed E-state index contributed by atoms with van der Waals surface area (Å²) in [5, 5.41) is 8.25. The molecule has 1 amide bonds. The van der Waals surface area contributed by atoms with Gasteiger partial charge in [-0.1, -0.05) is 36.4 Å². The van der Waals surface area contributed by atoms with E-state index < -0.39 is 10.1 Å².